The summed E-state index contributed by atoms with van der Waals surface area (Å²) in [4.78, 5) is 4.35. The van der Waals surface area contributed by atoms with E-state index in [0.717, 1.165) is 0 Å². The minimum absolute atomic E-state index is 0.358. The van der Waals surface area contributed by atoms with Gasteiger partial charge in [-0.1, -0.05) is 23.2 Å². The van der Waals surface area contributed by atoms with Crippen LogP contribution in [0.1, 0.15) is 12.1 Å². The molecule has 8 heteroatoms. The molecule has 1 aliphatic heterocycles. The summed E-state index contributed by atoms with van der Waals surface area (Å²) >= 11 is 12.0. The molecular weight excluding hydrogens is 319 g/mol. The zero-order valence-electron chi connectivity index (χ0n) is 11.1. The molecule has 3 rings (SSSR count). The Morgan fingerprint density at radius 3 is 2.52 bits per heavy atom. The lowest BCUT2D eigenvalue weighted by Crippen LogP contribution is -2.33. The number of aromatic nitrogens is 2. The normalized spacial score (nSPS) is 29.4. The third kappa shape index (κ3) is 2.32. The van der Waals surface area contributed by atoms with Gasteiger partial charge in [0.25, 0.3) is 0 Å². The van der Waals surface area contributed by atoms with Crippen LogP contribution in [-0.2, 0) is 4.74 Å². The van der Waals surface area contributed by atoms with Crippen molar-refractivity contribution in [2.75, 3.05) is 6.61 Å². The molecule has 0 amide bonds. The summed E-state index contributed by atoms with van der Waals surface area (Å²) < 4.78 is 7.18. The number of halogens is 2. The van der Waals surface area contributed by atoms with E-state index in [-0.39, 0.29) is 6.61 Å². The highest BCUT2D eigenvalue weighted by molar-refractivity contribution is 6.42. The van der Waals surface area contributed by atoms with E-state index in [0.29, 0.717) is 26.9 Å². The van der Waals surface area contributed by atoms with Crippen LogP contribution in [0.5, 0.6) is 0 Å². The van der Waals surface area contributed by atoms with E-state index in [1.165, 1.54) is 0 Å². The minimum Gasteiger partial charge on any atom is -0.394 e. The quantitative estimate of drug-likeness (QED) is 0.770. The van der Waals surface area contributed by atoms with Gasteiger partial charge in [-0.3, -0.25) is 4.57 Å². The molecule has 0 aliphatic carbocycles. The maximum Gasteiger partial charge on any atom is 0.164 e. The standard InChI is InChI=1S/C13H14Cl2N2O4/c1-5-16-8-2-6(14)7(15)3-9(8)17(5)13-12(20)11(19)10(4-18)21-13/h2-3,10-13,18-20H,4H2,1H3/t10-,11-,12+,13-/m1/s1. The molecule has 0 spiro atoms. The highest BCUT2D eigenvalue weighted by atomic mass is 35.5. The van der Waals surface area contributed by atoms with Crippen LogP contribution < -0.4 is 0 Å². The molecule has 6 nitrogen and oxygen atoms in total. The number of aliphatic hydroxyl groups excluding tert-OH is 3. The average Bonchev–Trinajstić information content (AvgIpc) is 2.89. The van der Waals surface area contributed by atoms with E-state index in [2.05, 4.69) is 4.98 Å². The Morgan fingerprint density at radius 2 is 1.90 bits per heavy atom. The highest BCUT2D eigenvalue weighted by Crippen LogP contribution is 2.35. The van der Waals surface area contributed by atoms with Crippen molar-refractivity contribution in [2.45, 2.75) is 31.5 Å². The molecule has 21 heavy (non-hydrogen) atoms. The number of rotatable bonds is 2. The van der Waals surface area contributed by atoms with Gasteiger partial charge in [-0.05, 0) is 19.1 Å². The summed E-state index contributed by atoms with van der Waals surface area (Å²) in [5.41, 5.74) is 1.25. The molecule has 1 aromatic carbocycles. The predicted molar refractivity (Wildman–Crippen MR) is 77.5 cm³/mol. The number of aryl methyl sites for hydroxylation is 1. The van der Waals surface area contributed by atoms with Crippen LogP contribution in [0.25, 0.3) is 11.0 Å². The largest absolute Gasteiger partial charge is 0.394 e. The summed E-state index contributed by atoms with van der Waals surface area (Å²) in [5.74, 6) is 0.582. The first kappa shape index (κ1) is 15.0. The summed E-state index contributed by atoms with van der Waals surface area (Å²) in [6.45, 7) is 1.36. The van der Waals surface area contributed by atoms with Gasteiger partial charge in [-0.2, -0.15) is 0 Å². The number of benzene rings is 1. The van der Waals surface area contributed by atoms with E-state index < -0.39 is 24.5 Å². The van der Waals surface area contributed by atoms with Crippen molar-refractivity contribution in [3.8, 4) is 0 Å². The van der Waals surface area contributed by atoms with Gasteiger partial charge in [0.15, 0.2) is 6.23 Å². The SMILES string of the molecule is Cc1nc2cc(Cl)c(Cl)cc2n1[C@@H]1O[C@H](CO)[C@@H](O)[C@@H]1O. The number of aliphatic hydroxyl groups is 3. The zero-order chi connectivity index (χ0) is 15.3. The third-order valence-corrected chi connectivity index (χ3v) is 4.40. The third-order valence-electron chi connectivity index (χ3n) is 3.68. The molecule has 0 saturated carbocycles. The molecule has 1 saturated heterocycles. The Hall–Kier alpha value is -0.890. The molecule has 0 radical (unpaired) electrons. The van der Waals surface area contributed by atoms with Crippen LogP contribution in [0, 0.1) is 6.92 Å². The van der Waals surface area contributed by atoms with Crippen LogP contribution in [0.4, 0.5) is 0 Å². The fourth-order valence-electron chi connectivity index (χ4n) is 2.63. The van der Waals surface area contributed by atoms with E-state index >= 15 is 0 Å². The van der Waals surface area contributed by atoms with Crippen molar-refractivity contribution < 1.29 is 20.1 Å². The molecule has 1 aromatic heterocycles. The fourth-order valence-corrected chi connectivity index (χ4v) is 2.94. The second-order valence-corrected chi connectivity index (χ2v) is 5.83. The smallest absolute Gasteiger partial charge is 0.164 e. The number of fused-ring (bicyclic) bond motifs is 1. The molecule has 0 unspecified atom stereocenters. The second-order valence-electron chi connectivity index (χ2n) is 5.01. The van der Waals surface area contributed by atoms with Crippen LogP contribution in [0.3, 0.4) is 0 Å². The Labute approximate surface area is 130 Å². The first-order valence-electron chi connectivity index (χ1n) is 6.40. The van der Waals surface area contributed by atoms with Gasteiger partial charge >= 0.3 is 0 Å². The summed E-state index contributed by atoms with van der Waals surface area (Å²) in [5, 5.41) is 29.9. The number of hydrogen-bond donors (Lipinski definition) is 3. The summed E-state index contributed by atoms with van der Waals surface area (Å²) in [6.07, 6.45) is -4.03. The van der Waals surface area contributed by atoms with Crippen molar-refractivity contribution >= 4 is 34.2 Å². The molecule has 1 fully saturated rings. The summed E-state index contributed by atoms with van der Waals surface area (Å²) in [7, 11) is 0. The van der Waals surface area contributed by atoms with Crippen molar-refractivity contribution in [3.63, 3.8) is 0 Å². The van der Waals surface area contributed by atoms with Gasteiger partial charge in [-0.25, -0.2) is 4.98 Å². The fraction of sp³-hybridized carbons (Fsp3) is 0.462. The van der Waals surface area contributed by atoms with Gasteiger partial charge in [0.1, 0.15) is 24.1 Å². The van der Waals surface area contributed by atoms with Gasteiger partial charge in [0.05, 0.1) is 27.7 Å². The van der Waals surface area contributed by atoms with Gasteiger partial charge in [-0.15, -0.1) is 0 Å². The monoisotopic (exact) mass is 332 g/mol. The number of ether oxygens (including phenoxy) is 1. The number of nitrogens with zero attached hydrogens (tertiary/aromatic N) is 2. The Balaban J connectivity index is 2.12. The van der Waals surface area contributed by atoms with Gasteiger partial charge < -0.3 is 20.1 Å². The average molecular weight is 333 g/mol. The second kappa shape index (κ2) is 5.39. The van der Waals surface area contributed by atoms with E-state index in [9.17, 15) is 15.3 Å². The van der Waals surface area contributed by atoms with E-state index in [4.69, 9.17) is 27.9 Å². The molecule has 0 bridgehead atoms. The lowest BCUT2D eigenvalue weighted by atomic mass is 10.1. The molecular formula is C13H14Cl2N2O4. The molecule has 1 aliphatic rings. The Kier molecular flexibility index (Phi) is 3.85. The topological polar surface area (TPSA) is 87.7 Å². The van der Waals surface area contributed by atoms with Crippen molar-refractivity contribution in [1.82, 2.24) is 9.55 Å². The maximum absolute atomic E-state index is 10.1. The lowest BCUT2D eigenvalue weighted by Gasteiger charge is -2.19. The van der Waals surface area contributed by atoms with Crippen molar-refractivity contribution in [3.05, 3.63) is 28.0 Å². The Bertz CT molecular complexity index is 690. The lowest BCUT2D eigenvalue weighted by molar-refractivity contribution is -0.0517. The minimum atomic E-state index is -1.17. The summed E-state index contributed by atoms with van der Waals surface area (Å²) in [6, 6.07) is 3.26. The molecule has 4 atom stereocenters. The highest BCUT2D eigenvalue weighted by Gasteiger charge is 2.44. The zero-order valence-corrected chi connectivity index (χ0v) is 12.6. The van der Waals surface area contributed by atoms with Gasteiger partial charge in [0.2, 0.25) is 0 Å². The van der Waals surface area contributed by atoms with Crippen molar-refractivity contribution in [2.24, 2.45) is 0 Å². The van der Waals surface area contributed by atoms with Gasteiger partial charge in [0, 0.05) is 0 Å². The van der Waals surface area contributed by atoms with Crippen molar-refractivity contribution in [1.29, 1.82) is 0 Å². The first-order chi connectivity index (χ1) is 9.93. The van der Waals surface area contributed by atoms with Crippen LogP contribution in [0.2, 0.25) is 10.0 Å². The predicted octanol–water partition coefficient (Wildman–Crippen LogP) is 1.26. The molecule has 2 aromatic rings. The maximum atomic E-state index is 10.1. The number of hydrogen-bond acceptors (Lipinski definition) is 5. The van der Waals surface area contributed by atoms with Crippen LogP contribution in [-0.4, -0.2) is 49.8 Å². The molecule has 114 valence electrons. The van der Waals surface area contributed by atoms with Crippen LogP contribution >= 0.6 is 23.2 Å². The van der Waals surface area contributed by atoms with E-state index in [1.54, 1.807) is 23.6 Å². The van der Waals surface area contributed by atoms with E-state index in [1.807, 2.05) is 0 Å². The number of imidazole rings is 1. The van der Waals surface area contributed by atoms with Crippen LogP contribution in [0.15, 0.2) is 12.1 Å². The molecule has 2 heterocycles. The Morgan fingerprint density at radius 1 is 1.24 bits per heavy atom. The first-order valence-corrected chi connectivity index (χ1v) is 7.15. The molecule has 3 N–H and O–H groups in total.